The number of ketones is 1. The van der Waals surface area contributed by atoms with Gasteiger partial charge in [0.15, 0.2) is 11.5 Å². The number of benzene rings is 1. The number of carbonyl (C=O) groups excluding carboxylic acids is 2. The van der Waals surface area contributed by atoms with Gasteiger partial charge in [-0.3, -0.25) is 19.1 Å². The molecule has 0 bridgehead atoms. The second-order valence-corrected chi connectivity index (χ2v) is 11.2. The quantitative estimate of drug-likeness (QED) is 0.233. The lowest BCUT2D eigenvalue weighted by molar-refractivity contribution is -0.152. The van der Waals surface area contributed by atoms with Crippen LogP contribution in [0.2, 0.25) is 10.0 Å². The number of rotatable bonds is 10. The van der Waals surface area contributed by atoms with Crippen LogP contribution in [-0.4, -0.2) is 50.5 Å². The highest BCUT2D eigenvalue weighted by atomic mass is 35.5. The van der Waals surface area contributed by atoms with Crippen molar-refractivity contribution < 1.29 is 32.7 Å². The Balaban J connectivity index is 1.95. The van der Waals surface area contributed by atoms with Gasteiger partial charge in [0.1, 0.15) is 0 Å². The Morgan fingerprint density at radius 2 is 1.74 bits per heavy atom. The summed E-state index contributed by atoms with van der Waals surface area (Å²) >= 11 is 12.5. The third-order valence-electron chi connectivity index (χ3n) is 7.33. The van der Waals surface area contributed by atoms with Crippen molar-refractivity contribution in [1.29, 1.82) is 0 Å². The third-order valence-corrected chi connectivity index (χ3v) is 7.93. The molecule has 39 heavy (non-hydrogen) atoms. The van der Waals surface area contributed by atoms with E-state index in [0.29, 0.717) is 12.8 Å². The summed E-state index contributed by atoms with van der Waals surface area (Å²) in [6.07, 6.45) is -1.32. The first-order valence-corrected chi connectivity index (χ1v) is 13.6. The van der Waals surface area contributed by atoms with Gasteiger partial charge in [0.05, 0.1) is 45.4 Å². The minimum Gasteiger partial charge on any atom is -0.481 e. The zero-order chi connectivity index (χ0) is 29.1. The van der Waals surface area contributed by atoms with Crippen LogP contribution in [0.5, 0.6) is 0 Å². The minimum absolute atomic E-state index is 0.00708. The van der Waals surface area contributed by atoms with Crippen LogP contribution >= 0.6 is 23.2 Å². The van der Waals surface area contributed by atoms with Crippen LogP contribution in [0.25, 0.3) is 0 Å². The van der Waals surface area contributed by atoms with Crippen LogP contribution in [0, 0.1) is 12.3 Å². The Morgan fingerprint density at radius 3 is 2.26 bits per heavy atom. The first-order chi connectivity index (χ1) is 18.2. The summed E-state index contributed by atoms with van der Waals surface area (Å²) in [4.78, 5) is 39.4. The predicted molar refractivity (Wildman–Crippen MR) is 141 cm³/mol. The molecule has 0 saturated heterocycles. The van der Waals surface area contributed by atoms with Crippen LogP contribution in [0.1, 0.15) is 96.8 Å². The van der Waals surface area contributed by atoms with Crippen LogP contribution in [0.3, 0.4) is 0 Å². The fourth-order valence-electron chi connectivity index (χ4n) is 4.97. The second kappa shape index (κ2) is 12.3. The summed E-state index contributed by atoms with van der Waals surface area (Å²) in [5, 5.41) is 13.6. The third kappa shape index (κ3) is 6.95. The Hall–Kier alpha value is -2.59. The van der Waals surface area contributed by atoms with Gasteiger partial charge in [-0.2, -0.15) is 18.3 Å². The molecule has 7 nitrogen and oxygen atoms in total. The monoisotopic (exact) mass is 589 g/mol. The lowest BCUT2D eigenvalue weighted by Crippen LogP contribution is -2.38. The van der Waals surface area contributed by atoms with Gasteiger partial charge >= 0.3 is 12.1 Å². The van der Waals surface area contributed by atoms with Gasteiger partial charge in [-0.05, 0) is 63.6 Å². The SMILES string of the molecule is CCCCCN(CC(=O)c1c(Cl)cc(C)cc1Cl)C(=O)c1cnn([C@H]2CC[C@](C)(C(=O)O)CC2)c1C(F)(F)F. The molecule has 1 amide bonds. The predicted octanol–water partition coefficient (Wildman–Crippen LogP) is 7.24. The molecular formula is C27H32Cl2F3N3O4. The molecule has 1 aliphatic carbocycles. The summed E-state index contributed by atoms with van der Waals surface area (Å²) in [5.74, 6) is -2.55. The zero-order valence-corrected chi connectivity index (χ0v) is 23.6. The molecule has 1 aromatic heterocycles. The maximum absolute atomic E-state index is 14.4. The van der Waals surface area contributed by atoms with Crippen LogP contribution in [0.15, 0.2) is 18.3 Å². The Labute approximate surface area is 235 Å². The molecule has 1 saturated carbocycles. The Morgan fingerprint density at radius 1 is 1.15 bits per heavy atom. The molecule has 1 aromatic carbocycles. The molecule has 2 aromatic rings. The summed E-state index contributed by atoms with van der Waals surface area (Å²) in [5.41, 5.74) is -2.13. The van der Waals surface area contributed by atoms with E-state index in [4.69, 9.17) is 23.2 Å². The Kier molecular flexibility index (Phi) is 9.75. The van der Waals surface area contributed by atoms with Gasteiger partial charge in [-0.15, -0.1) is 0 Å². The van der Waals surface area contributed by atoms with E-state index >= 15 is 0 Å². The second-order valence-electron chi connectivity index (χ2n) is 10.4. The van der Waals surface area contributed by atoms with Crippen molar-refractivity contribution in [2.45, 2.75) is 77.9 Å². The van der Waals surface area contributed by atoms with E-state index in [-0.39, 0.29) is 47.8 Å². The molecule has 12 heteroatoms. The highest BCUT2D eigenvalue weighted by Crippen LogP contribution is 2.43. The van der Waals surface area contributed by atoms with Gasteiger partial charge in [-0.25, -0.2) is 0 Å². The topological polar surface area (TPSA) is 92.5 Å². The summed E-state index contributed by atoms with van der Waals surface area (Å²) in [6, 6.07) is 2.39. The zero-order valence-electron chi connectivity index (χ0n) is 22.1. The minimum atomic E-state index is -4.91. The maximum Gasteiger partial charge on any atom is 0.433 e. The van der Waals surface area contributed by atoms with Gasteiger partial charge < -0.3 is 10.0 Å². The highest BCUT2D eigenvalue weighted by molar-refractivity contribution is 6.40. The first-order valence-electron chi connectivity index (χ1n) is 12.9. The standard InChI is InChI=1S/C27H32Cl2F3N3O4/c1-4-5-6-11-34(15-21(36)22-19(28)12-16(2)13-20(22)29)24(37)18-14-33-35(23(18)27(30,31)32)17-7-9-26(3,10-8-17)25(38)39/h12-14,17H,4-11,15H2,1-3H3,(H,38,39)/t17-,26-. The van der Waals surface area contributed by atoms with Gasteiger partial charge in [0.25, 0.3) is 5.91 Å². The summed E-state index contributed by atoms with van der Waals surface area (Å²) in [6.45, 7) is 4.81. The van der Waals surface area contributed by atoms with Crippen LogP contribution < -0.4 is 0 Å². The van der Waals surface area contributed by atoms with E-state index in [1.165, 1.54) is 0 Å². The van der Waals surface area contributed by atoms with Crippen molar-refractivity contribution >= 4 is 40.9 Å². The van der Waals surface area contributed by atoms with E-state index in [1.807, 2.05) is 6.92 Å². The normalized spacial score (nSPS) is 19.6. The molecule has 1 N–H and O–H groups in total. The number of carboxylic acid groups (broad SMARTS) is 1. The first kappa shape index (κ1) is 30.9. The molecule has 1 heterocycles. The van der Waals surface area contributed by atoms with Crippen LogP contribution in [0.4, 0.5) is 13.2 Å². The van der Waals surface area contributed by atoms with E-state index in [9.17, 15) is 32.7 Å². The summed E-state index contributed by atoms with van der Waals surface area (Å²) < 4.78 is 43.9. The molecule has 0 radical (unpaired) electrons. The average molecular weight is 590 g/mol. The number of hydrogen-bond acceptors (Lipinski definition) is 4. The highest BCUT2D eigenvalue weighted by Gasteiger charge is 2.45. The molecule has 0 spiro atoms. The molecule has 3 rings (SSSR count). The van der Waals surface area contributed by atoms with Crippen molar-refractivity contribution in [1.82, 2.24) is 14.7 Å². The number of carboxylic acids is 1. The van der Waals surface area contributed by atoms with Gasteiger partial charge in [0, 0.05) is 6.54 Å². The van der Waals surface area contributed by atoms with E-state index in [1.54, 1.807) is 26.0 Å². The van der Waals surface area contributed by atoms with E-state index in [2.05, 4.69) is 5.10 Å². The van der Waals surface area contributed by atoms with E-state index in [0.717, 1.165) is 27.8 Å². The molecule has 214 valence electrons. The number of nitrogens with zero attached hydrogens (tertiary/aromatic N) is 3. The fraction of sp³-hybridized carbons (Fsp3) is 0.556. The van der Waals surface area contributed by atoms with Crippen molar-refractivity contribution in [2.24, 2.45) is 5.41 Å². The molecule has 1 fully saturated rings. The van der Waals surface area contributed by atoms with Crippen molar-refractivity contribution in [3.8, 4) is 0 Å². The molecule has 1 aliphatic rings. The lowest BCUT2D eigenvalue weighted by atomic mass is 9.74. The number of hydrogen-bond donors (Lipinski definition) is 1. The maximum atomic E-state index is 14.4. The largest absolute Gasteiger partial charge is 0.481 e. The molecule has 0 atom stereocenters. The fourth-order valence-corrected chi connectivity index (χ4v) is 5.78. The molecular weight excluding hydrogens is 558 g/mol. The van der Waals surface area contributed by atoms with Crippen molar-refractivity contribution in [2.75, 3.05) is 13.1 Å². The average Bonchev–Trinajstić information content (AvgIpc) is 3.29. The number of Topliss-reactive ketones (excluding diaryl/α,β-unsaturated/α-hetero) is 1. The van der Waals surface area contributed by atoms with Crippen molar-refractivity contribution in [3.63, 3.8) is 0 Å². The van der Waals surface area contributed by atoms with E-state index < -0.39 is 53.1 Å². The smallest absolute Gasteiger partial charge is 0.433 e. The number of halogens is 5. The number of alkyl halides is 3. The number of aryl methyl sites for hydroxylation is 1. The van der Waals surface area contributed by atoms with Gasteiger partial charge in [0.2, 0.25) is 0 Å². The number of unbranched alkanes of at least 4 members (excludes halogenated alkanes) is 2. The lowest BCUT2D eigenvalue weighted by Gasteiger charge is -2.34. The number of carbonyl (C=O) groups is 3. The van der Waals surface area contributed by atoms with Gasteiger partial charge in [-0.1, -0.05) is 43.0 Å². The summed E-state index contributed by atoms with van der Waals surface area (Å²) in [7, 11) is 0. The van der Waals surface area contributed by atoms with Crippen LogP contribution in [-0.2, 0) is 11.0 Å². The number of amides is 1. The number of aliphatic carboxylic acids is 1. The molecule has 0 unspecified atom stereocenters. The van der Waals surface area contributed by atoms with Crippen molar-refractivity contribution in [3.05, 3.63) is 50.8 Å². The Bertz CT molecular complexity index is 1210. The molecule has 0 aliphatic heterocycles. The number of aromatic nitrogens is 2.